The first kappa shape index (κ1) is 21.8. The highest BCUT2D eigenvalue weighted by molar-refractivity contribution is 7.37. The van der Waals surface area contributed by atoms with Crippen molar-refractivity contribution in [3.63, 3.8) is 0 Å². The number of nitrogens with one attached hydrogen (secondary N) is 1. The summed E-state index contributed by atoms with van der Waals surface area (Å²) in [5.74, 6) is -0.344. The summed E-state index contributed by atoms with van der Waals surface area (Å²) in [5.41, 5.74) is -0.686. The second kappa shape index (κ2) is 10.5. The van der Waals surface area contributed by atoms with E-state index in [1.54, 1.807) is 20.8 Å². The lowest BCUT2D eigenvalue weighted by molar-refractivity contribution is -0.161. The molecule has 0 aromatic carbocycles. The molecular weight excluding hydrogens is 325 g/mol. The molecule has 0 aliphatic heterocycles. The fourth-order valence-corrected chi connectivity index (χ4v) is 2.18. The van der Waals surface area contributed by atoms with E-state index >= 15 is 0 Å². The van der Waals surface area contributed by atoms with E-state index in [-0.39, 0.29) is 12.1 Å². The molecule has 0 radical (unpaired) electrons. The number of ether oxygens (including phenoxy) is 2. The number of esters is 1. The molecule has 0 fully saturated rings. The lowest BCUT2D eigenvalue weighted by atomic mass is 9.98. The van der Waals surface area contributed by atoms with Gasteiger partial charge in [0, 0.05) is 0 Å². The van der Waals surface area contributed by atoms with Gasteiger partial charge in [-0.25, -0.2) is 4.79 Å². The van der Waals surface area contributed by atoms with Crippen molar-refractivity contribution in [2.45, 2.75) is 53.2 Å². The summed E-state index contributed by atoms with van der Waals surface area (Å²) >= 11 is 0. The lowest BCUT2D eigenvalue weighted by Gasteiger charge is -2.17. The Bertz CT molecular complexity index is 408. The average Bonchev–Trinajstić information content (AvgIpc) is 2.41. The summed E-state index contributed by atoms with van der Waals surface area (Å²) in [5, 5.41) is 11.9. The van der Waals surface area contributed by atoms with E-state index in [0.29, 0.717) is 19.3 Å². The summed E-state index contributed by atoms with van der Waals surface area (Å²) in [6, 6.07) is 0. The van der Waals surface area contributed by atoms with Crippen LogP contribution in [0.25, 0.3) is 0 Å². The smallest absolute Gasteiger partial charge is 0.427 e. The van der Waals surface area contributed by atoms with Crippen LogP contribution in [0.1, 0.15) is 47.0 Å². The number of carbonyl (C=O) groups is 2. The van der Waals surface area contributed by atoms with Gasteiger partial charge in [0.05, 0.1) is 5.41 Å². The van der Waals surface area contributed by atoms with Crippen LogP contribution in [0.15, 0.2) is 0 Å². The minimum absolute atomic E-state index is 0.154. The van der Waals surface area contributed by atoms with Crippen molar-refractivity contribution < 1.29 is 33.6 Å². The monoisotopic (exact) mass is 352 g/mol. The molecule has 0 aliphatic carbocycles. The number of carbonyl (C=O) groups excluding carboxylic acids is 2. The Hall–Kier alpha value is -1.24. The molecule has 3 unspecified atom stereocenters. The van der Waals surface area contributed by atoms with Crippen LogP contribution < -0.4 is 5.32 Å². The van der Waals surface area contributed by atoms with E-state index in [1.165, 1.54) is 0 Å². The van der Waals surface area contributed by atoms with Gasteiger partial charge in [-0.1, -0.05) is 6.92 Å². The first-order chi connectivity index (χ1) is 10.5. The average molecular weight is 352 g/mol. The summed E-state index contributed by atoms with van der Waals surface area (Å²) in [7, 11) is -2.14. The van der Waals surface area contributed by atoms with Gasteiger partial charge in [0.2, 0.25) is 6.79 Å². The fraction of sp³-hybridized carbons (Fsp3) is 0.857. The number of alkyl carbamates (subject to hydrolysis) is 1. The summed E-state index contributed by atoms with van der Waals surface area (Å²) < 4.78 is 20.0. The minimum atomic E-state index is -2.14. The Morgan fingerprint density at radius 3 is 2.30 bits per heavy atom. The maximum absolute atomic E-state index is 11.4. The number of aliphatic hydroxyl groups excluding tert-OH is 1. The lowest BCUT2D eigenvalue weighted by Crippen LogP contribution is -2.36. The highest BCUT2D eigenvalue weighted by Gasteiger charge is 2.23. The van der Waals surface area contributed by atoms with E-state index in [9.17, 15) is 19.3 Å². The Balaban J connectivity index is 3.85. The normalized spacial score (nSPS) is 14.6. The molecule has 1 amide bonds. The van der Waals surface area contributed by atoms with Gasteiger partial charge in [-0.05, 0) is 50.5 Å². The molecule has 3 N–H and O–H groups in total. The second-order valence-corrected chi connectivity index (χ2v) is 7.59. The zero-order chi connectivity index (χ0) is 18.0. The van der Waals surface area contributed by atoms with Gasteiger partial charge in [0.15, 0.2) is 6.16 Å². The summed E-state index contributed by atoms with van der Waals surface area (Å²) in [6.07, 6.45) is -0.298. The van der Waals surface area contributed by atoms with Gasteiger partial charge < -0.3 is 14.6 Å². The van der Waals surface area contributed by atoms with Crippen LogP contribution >= 0.6 is 8.03 Å². The van der Waals surface area contributed by atoms with Crippen LogP contribution in [-0.4, -0.2) is 41.2 Å². The highest BCUT2D eigenvalue weighted by Crippen LogP contribution is 2.20. The first-order valence-corrected chi connectivity index (χ1v) is 8.84. The van der Waals surface area contributed by atoms with Crippen molar-refractivity contribution >= 4 is 20.1 Å². The summed E-state index contributed by atoms with van der Waals surface area (Å²) in [6.45, 7) is 6.40. The first-order valence-electron chi connectivity index (χ1n) is 7.44. The SMILES string of the molecule is CC(CCC(O)NC(=O)OCOC(=O)C(C)(C)C)CC[P+](=O)O. The molecular formula is C14H27NO7P+. The number of hydrogen-bond acceptors (Lipinski definition) is 6. The fourth-order valence-electron chi connectivity index (χ4n) is 1.52. The van der Waals surface area contributed by atoms with E-state index in [0.717, 1.165) is 0 Å². The third-order valence-corrected chi connectivity index (χ3v) is 3.66. The zero-order valence-electron chi connectivity index (χ0n) is 14.1. The van der Waals surface area contributed by atoms with Gasteiger partial charge in [-0.15, -0.1) is 0 Å². The maximum Gasteiger partial charge on any atom is 0.505 e. The maximum atomic E-state index is 11.4. The molecule has 0 spiro atoms. The number of amides is 1. The second-order valence-electron chi connectivity index (χ2n) is 6.44. The largest absolute Gasteiger partial charge is 0.505 e. The van der Waals surface area contributed by atoms with Gasteiger partial charge in [0.25, 0.3) is 0 Å². The quantitative estimate of drug-likeness (QED) is 0.330. The van der Waals surface area contributed by atoms with Crippen LogP contribution in [0, 0.1) is 11.3 Å². The minimum Gasteiger partial charge on any atom is -0.427 e. The van der Waals surface area contributed by atoms with Crippen molar-refractivity contribution in [2.75, 3.05) is 13.0 Å². The van der Waals surface area contributed by atoms with Crippen LogP contribution in [0.4, 0.5) is 4.79 Å². The van der Waals surface area contributed by atoms with Crippen LogP contribution in [-0.2, 0) is 18.8 Å². The van der Waals surface area contributed by atoms with Crippen molar-refractivity contribution in [2.24, 2.45) is 11.3 Å². The molecule has 0 rings (SSSR count). The molecule has 0 aliphatic rings. The summed E-state index contributed by atoms with van der Waals surface area (Å²) in [4.78, 5) is 31.5. The Morgan fingerprint density at radius 1 is 1.17 bits per heavy atom. The van der Waals surface area contributed by atoms with Gasteiger partial charge >= 0.3 is 20.1 Å². The van der Waals surface area contributed by atoms with Crippen molar-refractivity contribution in [3.8, 4) is 0 Å². The Morgan fingerprint density at radius 2 is 1.78 bits per heavy atom. The number of rotatable bonds is 9. The molecule has 8 nitrogen and oxygen atoms in total. The van der Waals surface area contributed by atoms with Crippen LogP contribution in [0.3, 0.4) is 0 Å². The molecule has 3 atom stereocenters. The molecule has 0 heterocycles. The Kier molecular flexibility index (Phi) is 9.95. The topological polar surface area (TPSA) is 122 Å². The predicted octanol–water partition coefficient (Wildman–Crippen LogP) is 2.12. The molecule has 23 heavy (non-hydrogen) atoms. The van der Waals surface area contributed by atoms with Crippen molar-refractivity contribution in [1.29, 1.82) is 0 Å². The van der Waals surface area contributed by atoms with Gasteiger partial charge in [-0.2, -0.15) is 4.89 Å². The van der Waals surface area contributed by atoms with E-state index < -0.39 is 38.5 Å². The van der Waals surface area contributed by atoms with Gasteiger partial charge in [-0.3, -0.25) is 10.1 Å². The molecule has 0 saturated heterocycles. The third-order valence-electron chi connectivity index (χ3n) is 3.02. The van der Waals surface area contributed by atoms with E-state index in [1.807, 2.05) is 6.92 Å². The number of aliphatic hydroxyl groups is 1. The highest BCUT2D eigenvalue weighted by atomic mass is 31.1. The van der Waals surface area contributed by atoms with E-state index in [2.05, 4.69) is 10.1 Å². The van der Waals surface area contributed by atoms with Crippen LogP contribution in [0.5, 0.6) is 0 Å². The molecule has 134 valence electrons. The molecule has 0 bridgehead atoms. The molecule has 0 saturated carbocycles. The molecule has 0 aromatic rings. The third kappa shape index (κ3) is 11.9. The molecule has 9 heteroatoms. The number of hydrogen-bond donors (Lipinski definition) is 3. The Labute approximate surface area is 137 Å². The molecule has 0 aromatic heterocycles. The van der Waals surface area contributed by atoms with Gasteiger partial charge in [0.1, 0.15) is 6.23 Å². The predicted molar refractivity (Wildman–Crippen MR) is 83.7 cm³/mol. The van der Waals surface area contributed by atoms with Crippen LogP contribution in [0.2, 0.25) is 0 Å². The zero-order valence-corrected chi connectivity index (χ0v) is 15.0. The van der Waals surface area contributed by atoms with Crippen molar-refractivity contribution in [1.82, 2.24) is 5.32 Å². The van der Waals surface area contributed by atoms with Crippen molar-refractivity contribution in [3.05, 3.63) is 0 Å². The van der Waals surface area contributed by atoms with E-state index in [4.69, 9.17) is 9.63 Å². The standard InChI is InChI=1S/C14H26NO7P/c1-10(7-8-23(19)20)5-6-11(16)15-13(18)22-9-21-12(17)14(2,3)4/h10-11,16H,5-9H2,1-4H3,(H-,15,18,19,20)/p+1.